The number of aliphatic hydroxyl groups excluding tert-OH is 1. The molecular weight excluding hydrogens is 589 g/mol. The summed E-state index contributed by atoms with van der Waals surface area (Å²) in [6.07, 6.45) is -0.534. The number of aliphatic hydroxyl groups is 1. The molecule has 1 heterocycles. The minimum Gasteiger partial charge on any atom is -0.488 e. The molecule has 46 heavy (non-hydrogen) atoms. The molecule has 10 nitrogen and oxygen atoms in total. The minimum absolute atomic E-state index is 0.0222. The second kappa shape index (κ2) is 14.3. The van der Waals surface area contributed by atoms with E-state index in [1.807, 2.05) is 49.4 Å². The molecule has 3 atom stereocenters. The van der Waals surface area contributed by atoms with Crippen LogP contribution in [0, 0.1) is 11.7 Å². The summed E-state index contributed by atoms with van der Waals surface area (Å²) in [6.45, 7) is 4.04. The van der Waals surface area contributed by atoms with Crippen molar-refractivity contribution in [3.05, 3.63) is 96.3 Å². The van der Waals surface area contributed by atoms with Gasteiger partial charge >= 0.3 is 12.1 Å². The van der Waals surface area contributed by atoms with Gasteiger partial charge in [-0.2, -0.15) is 0 Å². The number of nitrogens with one attached hydrogen (secondary N) is 3. The third-order valence-electron chi connectivity index (χ3n) is 8.11. The van der Waals surface area contributed by atoms with Crippen LogP contribution >= 0.6 is 0 Å². The van der Waals surface area contributed by atoms with Crippen LogP contribution in [0.2, 0.25) is 0 Å². The van der Waals surface area contributed by atoms with Gasteiger partial charge in [-0.05, 0) is 60.8 Å². The van der Waals surface area contributed by atoms with Gasteiger partial charge in [-0.1, -0.05) is 43.3 Å². The lowest BCUT2D eigenvalue weighted by molar-refractivity contribution is -0.134. The van der Waals surface area contributed by atoms with Gasteiger partial charge in [0.2, 0.25) is 5.91 Å². The third kappa shape index (κ3) is 7.73. The zero-order valence-corrected chi connectivity index (χ0v) is 26.0. The predicted molar refractivity (Wildman–Crippen MR) is 177 cm³/mol. The summed E-state index contributed by atoms with van der Waals surface area (Å²) in [7, 11) is 1.69. The summed E-state index contributed by atoms with van der Waals surface area (Å²) in [5, 5.41) is 20.3. The Hall–Kier alpha value is -5.16. The van der Waals surface area contributed by atoms with Crippen molar-refractivity contribution in [3.8, 4) is 5.75 Å². The van der Waals surface area contributed by atoms with Crippen molar-refractivity contribution in [2.45, 2.75) is 32.4 Å². The Labute approximate surface area is 267 Å². The number of amides is 5. The summed E-state index contributed by atoms with van der Waals surface area (Å²) in [5.74, 6) is -0.372. The van der Waals surface area contributed by atoms with E-state index < -0.39 is 24.0 Å². The molecule has 0 saturated heterocycles. The van der Waals surface area contributed by atoms with E-state index in [0.29, 0.717) is 34.9 Å². The lowest BCUT2D eigenvalue weighted by atomic mass is 10.0. The van der Waals surface area contributed by atoms with Gasteiger partial charge in [0.1, 0.15) is 17.7 Å². The van der Waals surface area contributed by atoms with E-state index in [1.54, 1.807) is 42.0 Å². The summed E-state index contributed by atoms with van der Waals surface area (Å²) >= 11 is 0. The monoisotopic (exact) mass is 627 g/mol. The Bertz CT molecular complexity index is 1710. The molecular formula is C35H38FN5O5. The van der Waals surface area contributed by atoms with Crippen molar-refractivity contribution in [1.29, 1.82) is 0 Å². The highest BCUT2D eigenvalue weighted by Gasteiger charge is 2.32. The zero-order chi connectivity index (χ0) is 32.8. The molecule has 0 unspecified atom stereocenters. The van der Waals surface area contributed by atoms with Crippen molar-refractivity contribution in [2.75, 3.05) is 42.7 Å². The molecule has 5 amide bonds. The molecule has 4 aromatic carbocycles. The molecule has 11 heteroatoms. The largest absolute Gasteiger partial charge is 0.488 e. The van der Waals surface area contributed by atoms with E-state index in [1.165, 1.54) is 24.3 Å². The van der Waals surface area contributed by atoms with Gasteiger partial charge < -0.3 is 35.6 Å². The second-order valence-electron chi connectivity index (χ2n) is 11.6. The SMILES string of the molecule is C[C@@H]1CN([C@H](C)CO)C(=O)Cc2cc(NC(=O)Nc3ccc(F)cc3)ccc2O[C@H]1CN(C)C(=O)Nc1cccc2ccccc12. The number of carbonyl (C=O) groups is 3. The lowest BCUT2D eigenvalue weighted by Gasteiger charge is -2.34. The van der Waals surface area contributed by atoms with Gasteiger partial charge in [0, 0.05) is 41.8 Å². The maximum absolute atomic E-state index is 13.5. The molecule has 0 radical (unpaired) electrons. The van der Waals surface area contributed by atoms with Crippen LogP contribution in [0.25, 0.3) is 10.8 Å². The van der Waals surface area contributed by atoms with E-state index in [4.69, 9.17) is 4.74 Å². The van der Waals surface area contributed by atoms with Gasteiger partial charge in [0.15, 0.2) is 0 Å². The van der Waals surface area contributed by atoms with E-state index in [-0.39, 0.29) is 37.4 Å². The number of anilines is 3. The van der Waals surface area contributed by atoms with Gasteiger partial charge in [-0.3, -0.25) is 4.79 Å². The van der Waals surface area contributed by atoms with Crippen LogP contribution < -0.4 is 20.7 Å². The van der Waals surface area contributed by atoms with Gasteiger partial charge in [0.25, 0.3) is 0 Å². The van der Waals surface area contributed by atoms with Crippen LogP contribution in [0.5, 0.6) is 5.75 Å². The third-order valence-corrected chi connectivity index (χ3v) is 8.11. The molecule has 0 aliphatic carbocycles. The minimum atomic E-state index is -0.539. The van der Waals surface area contributed by atoms with Crippen molar-refractivity contribution in [1.82, 2.24) is 9.80 Å². The number of ether oxygens (including phenoxy) is 1. The molecule has 1 aliphatic heterocycles. The van der Waals surface area contributed by atoms with Crippen LogP contribution in [-0.4, -0.2) is 71.8 Å². The summed E-state index contributed by atoms with van der Waals surface area (Å²) < 4.78 is 19.8. The number of urea groups is 2. The standard InChI is InChI=1S/C35H38FN5O5/c1-22-19-41(23(2)21-42)33(43)18-25-17-28(38-34(44)37-27-13-11-26(36)12-14-27)15-16-31(25)46-32(22)20-40(3)35(45)39-30-10-6-8-24-7-4-5-9-29(24)30/h4-17,22-23,32,42H,18-21H2,1-3H3,(H,39,45)(H2,37,38,44)/t22-,23-,32+/m1/s1. The van der Waals surface area contributed by atoms with Gasteiger partial charge in [0.05, 0.1) is 31.3 Å². The normalized spacial score (nSPS) is 17.1. The lowest BCUT2D eigenvalue weighted by Crippen LogP contribution is -2.48. The Morgan fingerprint density at radius 2 is 1.70 bits per heavy atom. The second-order valence-corrected chi connectivity index (χ2v) is 11.6. The number of rotatable bonds is 7. The van der Waals surface area contributed by atoms with Gasteiger partial charge in [-0.25, -0.2) is 14.0 Å². The summed E-state index contributed by atoms with van der Waals surface area (Å²) in [4.78, 5) is 42.7. The van der Waals surface area contributed by atoms with Crippen LogP contribution in [0.15, 0.2) is 84.9 Å². The molecule has 0 spiro atoms. The van der Waals surface area contributed by atoms with Crippen molar-refractivity contribution in [2.24, 2.45) is 5.92 Å². The number of carbonyl (C=O) groups excluding carboxylic acids is 3. The van der Waals surface area contributed by atoms with E-state index in [0.717, 1.165) is 10.8 Å². The fourth-order valence-corrected chi connectivity index (χ4v) is 5.45. The zero-order valence-electron chi connectivity index (χ0n) is 26.0. The first-order chi connectivity index (χ1) is 22.1. The first kappa shape index (κ1) is 32.2. The number of hydrogen-bond donors (Lipinski definition) is 4. The number of benzene rings is 4. The van der Waals surface area contributed by atoms with Crippen molar-refractivity contribution < 1.29 is 28.6 Å². The van der Waals surface area contributed by atoms with E-state index in [2.05, 4.69) is 16.0 Å². The number of nitrogens with zero attached hydrogens (tertiary/aromatic N) is 2. The first-order valence-corrected chi connectivity index (χ1v) is 15.1. The average molecular weight is 628 g/mol. The fourth-order valence-electron chi connectivity index (χ4n) is 5.45. The Kier molecular flexibility index (Phi) is 10.0. The first-order valence-electron chi connectivity index (χ1n) is 15.1. The van der Waals surface area contributed by atoms with Crippen molar-refractivity contribution >= 4 is 45.8 Å². The Morgan fingerprint density at radius 3 is 2.46 bits per heavy atom. The number of hydrogen-bond acceptors (Lipinski definition) is 5. The highest BCUT2D eigenvalue weighted by atomic mass is 19.1. The average Bonchev–Trinajstić information content (AvgIpc) is 3.09. The molecule has 0 aromatic heterocycles. The van der Waals surface area contributed by atoms with Crippen LogP contribution in [-0.2, 0) is 11.2 Å². The fraction of sp³-hybridized carbons (Fsp3) is 0.286. The topological polar surface area (TPSA) is 123 Å². The smallest absolute Gasteiger partial charge is 0.323 e. The van der Waals surface area contributed by atoms with Crippen molar-refractivity contribution in [3.63, 3.8) is 0 Å². The molecule has 240 valence electrons. The summed E-state index contributed by atoms with van der Waals surface area (Å²) in [5.41, 5.74) is 2.08. The van der Waals surface area contributed by atoms with Crippen LogP contribution in [0.4, 0.5) is 31.0 Å². The predicted octanol–water partition coefficient (Wildman–Crippen LogP) is 5.94. The van der Waals surface area contributed by atoms with Crippen LogP contribution in [0.3, 0.4) is 0 Å². The number of halogens is 1. The van der Waals surface area contributed by atoms with Gasteiger partial charge in [-0.15, -0.1) is 0 Å². The quantitative estimate of drug-likeness (QED) is 0.202. The number of fused-ring (bicyclic) bond motifs is 2. The Morgan fingerprint density at radius 1 is 1.00 bits per heavy atom. The Balaban J connectivity index is 1.36. The maximum atomic E-state index is 13.5. The number of likely N-dealkylation sites (N-methyl/N-ethyl adjacent to an activating group) is 1. The summed E-state index contributed by atoms with van der Waals surface area (Å²) in [6, 6.07) is 22.7. The molecule has 0 saturated carbocycles. The maximum Gasteiger partial charge on any atom is 0.323 e. The molecule has 1 aliphatic rings. The molecule has 5 rings (SSSR count). The molecule has 0 fully saturated rings. The van der Waals surface area contributed by atoms with Crippen LogP contribution in [0.1, 0.15) is 19.4 Å². The molecule has 4 aromatic rings. The van der Waals surface area contributed by atoms with E-state index >= 15 is 0 Å². The van der Waals surface area contributed by atoms with E-state index in [9.17, 15) is 23.9 Å². The highest BCUT2D eigenvalue weighted by Crippen LogP contribution is 2.30. The molecule has 0 bridgehead atoms. The highest BCUT2D eigenvalue weighted by molar-refractivity contribution is 6.01. The molecule has 4 N–H and O–H groups in total.